The average molecular weight is 416 g/mol. The molecule has 156 valence electrons. The summed E-state index contributed by atoms with van der Waals surface area (Å²) in [6.45, 7) is 5.32. The number of hydrogen-bond donors (Lipinski definition) is 2. The molecule has 31 heavy (non-hydrogen) atoms. The number of rotatable bonds is 5. The SMILES string of the molecule is Cc1ccc(NC(=O)c2cccc(C(C)(C)C#N)c2)cc1C(=O)Nc1cncc(F)c1. The molecule has 0 atom stereocenters. The number of carbonyl (C=O) groups excluding carboxylic acids is 2. The third kappa shape index (κ3) is 5.11. The molecular weight excluding hydrogens is 395 g/mol. The zero-order chi connectivity index (χ0) is 22.6. The molecule has 1 aromatic heterocycles. The summed E-state index contributed by atoms with van der Waals surface area (Å²) in [4.78, 5) is 29.1. The molecule has 3 aromatic rings. The molecule has 6 nitrogen and oxygen atoms in total. The van der Waals surface area contributed by atoms with Crippen molar-refractivity contribution in [3.8, 4) is 6.07 Å². The molecule has 1 heterocycles. The number of carbonyl (C=O) groups is 2. The zero-order valence-electron chi connectivity index (χ0n) is 17.4. The van der Waals surface area contributed by atoms with Crippen molar-refractivity contribution in [2.24, 2.45) is 0 Å². The van der Waals surface area contributed by atoms with E-state index in [0.29, 0.717) is 22.4 Å². The Labute approximate surface area is 179 Å². The topological polar surface area (TPSA) is 94.9 Å². The van der Waals surface area contributed by atoms with Gasteiger partial charge in [-0.1, -0.05) is 18.2 Å². The first-order chi connectivity index (χ1) is 14.7. The van der Waals surface area contributed by atoms with Crippen LogP contribution in [0.5, 0.6) is 0 Å². The molecule has 7 heteroatoms. The fourth-order valence-electron chi connectivity index (χ4n) is 2.94. The highest BCUT2D eigenvalue weighted by atomic mass is 19.1. The van der Waals surface area contributed by atoms with Crippen LogP contribution in [0.1, 0.15) is 45.7 Å². The molecule has 0 aliphatic carbocycles. The molecule has 3 rings (SSSR count). The van der Waals surface area contributed by atoms with Gasteiger partial charge in [-0.05, 0) is 56.2 Å². The van der Waals surface area contributed by atoms with Crippen LogP contribution in [-0.2, 0) is 5.41 Å². The van der Waals surface area contributed by atoms with E-state index in [1.807, 2.05) is 0 Å². The molecule has 0 saturated carbocycles. The molecule has 2 aromatic carbocycles. The standard InChI is InChI=1S/C24H21FN4O2/c1-15-7-8-19(11-21(15)23(31)29-20-10-18(25)12-27-13-20)28-22(30)16-5-4-6-17(9-16)24(2,3)14-26/h4-13H,1-3H3,(H,28,30)(H,29,31). The maximum absolute atomic E-state index is 13.3. The van der Waals surface area contributed by atoms with Gasteiger partial charge in [0, 0.05) is 22.9 Å². The van der Waals surface area contributed by atoms with Crippen LogP contribution in [0.15, 0.2) is 60.9 Å². The number of anilines is 2. The highest BCUT2D eigenvalue weighted by Crippen LogP contribution is 2.24. The molecule has 2 amide bonds. The molecule has 0 spiro atoms. The van der Waals surface area contributed by atoms with E-state index in [2.05, 4.69) is 21.7 Å². The van der Waals surface area contributed by atoms with Crippen molar-refractivity contribution in [1.29, 1.82) is 5.26 Å². The van der Waals surface area contributed by atoms with Crippen molar-refractivity contribution in [3.63, 3.8) is 0 Å². The number of aryl methyl sites for hydroxylation is 1. The van der Waals surface area contributed by atoms with Crippen molar-refractivity contribution >= 4 is 23.2 Å². The Balaban J connectivity index is 1.80. The minimum Gasteiger partial charge on any atom is -0.322 e. The second kappa shape index (κ2) is 8.76. The molecule has 0 aliphatic heterocycles. The normalized spacial score (nSPS) is 10.8. The van der Waals surface area contributed by atoms with Crippen molar-refractivity contribution in [1.82, 2.24) is 4.98 Å². The second-order valence-corrected chi connectivity index (χ2v) is 7.65. The average Bonchev–Trinajstić information content (AvgIpc) is 2.75. The fourth-order valence-corrected chi connectivity index (χ4v) is 2.94. The molecule has 0 fully saturated rings. The fraction of sp³-hybridized carbons (Fsp3) is 0.167. The van der Waals surface area contributed by atoms with Crippen LogP contribution in [-0.4, -0.2) is 16.8 Å². The third-order valence-electron chi connectivity index (χ3n) is 4.83. The Hall–Kier alpha value is -4.05. The highest BCUT2D eigenvalue weighted by molar-refractivity contribution is 6.08. The second-order valence-electron chi connectivity index (χ2n) is 7.65. The molecule has 2 N–H and O–H groups in total. The van der Waals surface area contributed by atoms with E-state index in [0.717, 1.165) is 11.8 Å². The number of amides is 2. The molecule has 0 saturated heterocycles. The summed E-state index contributed by atoms with van der Waals surface area (Å²) < 4.78 is 13.3. The lowest BCUT2D eigenvalue weighted by Crippen LogP contribution is -2.18. The summed E-state index contributed by atoms with van der Waals surface area (Å²) in [5.74, 6) is -1.36. The summed E-state index contributed by atoms with van der Waals surface area (Å²) in [7, 11) is 0. The molecule has 0 radical (unpaired) electrons. The smallest absolute Gasteiger partial charge is 0.256 e. The number of hydrogen-bond acceptors (Lipinski definition) is 4. The highest BCUT2D eigenvalue weighted by Gasteiger charge is 2.21. The van der Waals surface area contributed by atoms with Crippen molar-refractivity contribution < 1.29 is 14.0 Å². The van der Waals surface area contributed by atoms with Crippen molar-refractivity contribution in [2.75, 3.05) is 10.6 Å². The van der Waals surface area contributed by atoms with Gasteiger partial charge in [0.15, 0.2) is 0 Å². The maximum atomic E-state index is 13.3. The van der Waals surface area contributed by atoms with Gasteiger partial charge in [-0.3, -0.25) is 14.6 Å². The van der Waals surface area contributed by atoms with Crippen LogP contribution in [0.2, 0.25) is 0 Å². The predicted molar refractivity (Wildman–Crippen MR) is 116 cm³/mol. The number of nitrogens with one attached hydrogen (secondary N) is 2. The van der Waals surface area contributed by atoms with Crippen LogP contribution in [0.4, 0.5) is 15.8 Å². The van der Waals surface area contributed by atoms with E-state index in [9.17, 15) is 19.2 Å². The Morgan fingerprint density at radius 3 is 2.45 bits per heavy atom. The quantitative estimate of drug-likeness (QED) is 0.622. The third-order valence-corrected chi connectivity index (χ3v) is 4.83. The van der Waals surface area contributed by atoms with E-state index >= 15 is 0 Å². The van der Waals surface area contributed by atoms with E-state index in [4.69, 9.17) is 0 Å². The minimum atomic E-state index is -0.725. The Morgan fingerprint density at radius 1 is 1.00 bits per heavy atom. The summed E-state index contributed by atoms with van der Waals surface area (Å²) in [5.41, 5.74) is 2.10. The van der Waals surface area contributed by atoms with Crippen LogP contribution in [0, 0.1) is 24.1 Å². The minimum absolute atomic E-state index is 0.232. The lowest BCUT2D eigenvalue weighted by Gasteiger charge is -2.16. The lowest BCUT2D eigenvalue weighted by atomic mass is 9.85. The number of halogens is 1. The van der Waals surface area contributed by atoms with Crippen LogP contribution < -0.4 is 10.6 Å². The number of nitriles is 1. The number of benzene rings is 2. The van der Waals surface area contributed by atoms with Gasteiger partial charge in [-0.25, -0.2) is 4.39 Å². The maximum Gasteiger partial charge on any atom is 0.256 e. The van der Waals surface area contributed by atoms with Gasteiger partial charge in [0.05, 0.1) is 29.6 Å². The van der Waals surface area contributed by atoms with E-state index in [1.165, 1.54) is 12.3 Å². The summed E-state index contributed by atoms with van der Waals surface area (Å²) in [6.07, 6.45) is 2.39. The van der Waals surface area contributed by atoms with E-state index in [-0.39, 0.29) is 11.6 Å². The van der Waals surface area contributed by atoms with Gasteiger partial charge in [-0.15, -0.1) is 0 Å². The number of nitrogens with zero attached hydrogens (tertiary/aromatic N) is 2. The first kappa shape index (κ1) is 21.7. The lowest BCUT2D eigenvalue weighted by molar-refractivity contribution is 0.101. The molecule has 0 bridgehead atoms. The van der Waals surface area contributed by atoms with Gasteiger partial charge in [0.2, 0.25) is 0 Å². The first-order valence-corrected chi connectivity index (χ1v) is 9.55. The van der Waals surface area contributed by atoms with Gasteiger partial charge < -0.3 is 10.6 Å². The van der Waals surface area contributed by atoms with Gasteiger partial charge >= 0.3 is 0 Å². The summed E-state index contributed by atoms with van der Waals surface area (Å²) in [5, 5.41) is 14.7. The van der Waals surface area contributed by atoms with Gasteiger partial charge in [-0.2, -0.15) is 5.26 Å². The monoisotopic (exact) mass is 416 g/mol. The molecule has 0 aliphatic rings. The molecular formula is C24H21FN4O2. The summed E-state index contributed by atoms with van der Waals surface area (Å²) >= 11 is 0. The first-order valence-electron chi connectivity index (χ1n) is 9.55. The number of pyridine rings is 1. The largest absolute Gasteiger partial charge is 0.322 e. The number of aromatic nitrogens is 1. The van der Waals surface area contributed by atoms with Gasteiger partial charge in [0.1, 0.15) is 5.82 Å². The predicted octanol–water partition coefficient (Wildman–Crippen LogP) is 4.83. The van der Waals surface area contributed by atoms with E-state index < -0.39 is 17.1 Å². The Kier molecular flexibility index (Phi) is 6.12. The van der Waals surface area contributed by atoms with Crippen LogP contribution >= 0.6 is 0 Å². The van der Waals surface area contributed by atoms with Gasteiger partial charge in [0.25, 0.3) is 11.8 Å². The van der Waals surface area contributed by atoms with Crippen LogP contribution in [0.25, 0.3) is 0 Å². The van der Waals surface area contributed by atoms with Crippen molar-refractivity contribution in [2.45, 2.75) is 26.2 Å². The molecule has 0 unspecified atom stereocenters. The Morgan fingerprint density at radius 2 is 1.74 bits per heavy atom. The van der Waals surface area contributed by atoms with Crippen LogP contribution in [0.3, 0.4) is 0 Å². The summed E-state index contributed by atoms with van der Waals surface area (Å²) in [6, 6.07) is 15.2. The van der Waals surface area contributed by atoms with E-state index in [1.54, 1.807) is 63.2 Å². The Bertz CT molecular complexity index is 1200. The zero-order valence-corrected chi connectivity index (χ0v) is 17.4. The van der Waals surface area contributed by atoms with Crippen molar-refractivity contribution in [3.05, 3.63) is 89.0 Å².